The van der Waals surface area contributed by atoms with E-state index < -0.39 is 0 Å². The molecule has 0 saturated carbocycles. The molecule has 0 fully saturated rings. The lowest BCUT2D eigenvalue weighted by molar-refractivity contribution is 0.313. The average molecular weight is 205 g/mol. The highest BCUT2D eigenvalue weighted by molar-refractivity contribution is 5.44. The maximum absolute atomic E-state index is 6.05. The van der Waals surface area contributed by atoms with Crippen LogP contribution in [0.25, 0.3) is 0 Å². The van der Waals surface area contributed by atoms with Crippen LogP contribution in [0.2, 0.25) is 0 Å². The molecule has 15 heavy (non-hydrogen) atoms. The Hall–Kier alpha value is -1.02. The summed E-state index contributed by atoms with van der Waals surface area (Å²) in [4.78, 5) is 0. The average Bonchev–Trinajstić information content (AvgIpc) is 2.40. The minimum absolute atomic E-state index is 0.201. The summed E-state index contributed by atoms with van der Waals surface area (Å²) >= 11 is 0. The molecule has 82 valence electrons. The summed E-state index contributed by atoms with van der Waals surface area (Å²) in [5, 5.41) is 0. The molecule has 2 nitrogen and oxygen atoms in total. The van der Waals surface area contributed by atoms with Crippen molar-refractivity contribution in [3.63, 3.8) is 0 Å². The summed E-state index contributed by atoms with van der Waals surface area (Å²) in [6.07, 6.45) is 2.23. The molecule has 2 unspecified atom stereocenters. The molecule has 1 aromatic carbocycles. The van der Waals surface area contributed by atoms with E-state index in [1.54, 1.807) is 0 Å². The van der Waals surface area contributed by atoms with Crippen LogP contribution in [0.4, 0.5) is 0 Å². The van der Waals surface area contributed by atoms with Gasteiger partial charge in [-0.25, -0.2) is 0 Å². The number of hydrogen-bond acceptors (Lipinski definition) is 2. The van der Waals surface area contributed by atoms with E-state index in [0.717, 1.165) is 25.2 Å². The van der Waals surface area contributed by atoms with Gasteiger partial charge in [0.1, 0.15) is 5.75 Å². The first kappa shape index (κ1) is 10.5. The monoisotopic (exact) mass is 205 g/mol. The largest absolute Gasteiger partial charge is 0.493 e. The first-order chi connectivity index (χ1) is 7.20. The fourth-order valence-corrected chi connectivity index (χ4v) is 2.34. The van der Waals surface area contributed by atoms with Gasteiger partial charge in [0, 0.05) is 12.0 Å². The Morgan fingerprint density at radius 2 is 2.27 bits per heavy atom. The SMILES string of the molecule is Cc1cccc2c1OCCCC2C(C)N. The number of rotatable bonds is 1. The molecule has 0 radical (unpaired) electrons. The van der Waals surface area contributed by atoms with Gasteiger partial charge in [0.15, 0.2) is 0 Å². The second kappa shape index (κ2) is 4.23. The van der Waals surface area contributed by atoms with Crippen molar-refractivity contribution in [1.82, 2.24) is 0 Å². The molecule has 2 N–H and O–H groups in total. The summed E-state index contributed by atoms with van der Waals surface area (Å²) in [7, 11) is 0. The third kappa shape index (κ3) is 2.00. The molecule has 1 aliphatic rings. The van der Waals surface area contributed by atoms with E-state index in [-0.39, 0.29) is 6.04 Å². The molecular formula is C13H19NO. The van der Waals surface area contributed by atoms with E-state index in [1.807, 2.05) is 0 Å². The van der Waals surface area contributed by atoms with E-state index in [0.29, 0.717) is 5.92 Å². The van der Waals surface area contributed by atoms with Crippen molar-refractivity contribution in [3.05, 3.63) is 29.3 Å². The Balaban J connectivity index is 2.45. The van der Waals surface area contributed by atoms with Crippen LogP contribution in [0.3, 0.4) is 0 Å². The van der Waals surface area contributed by atoms with Gasteiger partial charge < -0.3 is 10.5 Å². The molecule has 1 aromatic rings. The number of hydrogen-bond donors (Lipinski definition) is 1. The van der Waals surface area contributed by atoms with Gasteiger partial charge in [-0.3, -0.25) is 0 Å². The fraction of sp³-hybridized carbons (Fsp3) is 0.538. The van der Waals surface area contributed by atoms with Crippen molar-refractivity contribution in [2.45, 2.75) is 38.6 Å². The molecule has 0 aromatic heterocycles. The molecule has 2 heteroatoms. The highest BCUT2D eigenvalue weighted by Gasteiger charge is 2.23. The van der Waals surface area contributed by atoms with Crippen LogP contribution in [0.15, 0.2) is 18.2 Å². The van der Waals surface area contributed by atoms with Gasteiger partial charge in [-0.1, -0.05) is 18.2 Å². The first-order valence-corrected chi connectivity index (χ1v) is 5.68. The van der Waals surface area contributed by atoms with Crippen molar-refractivity contribution in [2.75, 3.05) is 6.61 Å². The zero-order valence-electron chi connectivity index (χ0n) is 9.49. The van der Waals surface area contributed by atoms with Crippen LogP contribution >= 0.6 is 0 Å². The van der Waals surface area contributed by atoms with Crippen LogP contribution < -0.4 is 10.5 Å². The molecule has 0 saturated heterocycles. The van der Waals surface area contributed by atoms with E-state index >= 15 is 0 Å². The molecule has 0 amide bonds. The number of para-hydroxylation sites is 1. The third-order valence-electron chi connectivity index (χ3n) is 3.18. The fourth-order valence-electron chi connectivity index (χ4n) is 2.34. The Kier molecular flexibility index (Phi) is 2.96. The highest BCUT2D eigenvalue weighted by Crippen LogP contribution is 2.36. The standard InChI is InChI=1S/C13H19NO/c1-9-5-3-6-12-11(10(2)14)7-4-8-15-13(9)12/h3,5-6,10-11H,4,7-8,14H2,1-2H3. The van der Waals surface area contributed by atoms with Crippen LogP contribution in [0.1, 0.15) is 36.8 Å². The molecule has 0 bridgehead atoms. The maximum Gasteiger partial charge on any atom is 0.125 e. The number of benzene rings is 1. The highest BCUT2D eigenvalue weighted by atomic mass is 16.5. The number of nitrogens with two attached hydrogens (primary N) is 1. The zero-order valence-corrected chi connectivity index (χ0v) is 9.49. The van der Waals surface area contributed by atoms with Gasteiger partial charge >= 0.3 is 0 Å². The molecule has 2 atom stereocenters. The lowest BCUT2D eigenvalue weighted by atomic mass is 9.88. The van der Waals surface area contributed by atoms with E-state index in [1.165, 1.54) is 11.1 Å². The first-order valence-electron chi connectivity index (χ1n) is 5.68. The van der Waals surface area contributed by atoms with Gasteiger partial charge in [-0.2, -0.15) is 0 Å². The van der Waals surface area contributed by atoms with Crippen LogP contribution in [0, 0.1) is 6.92 Å². The predicted molar refractivity (Wildman–Crippen MR) is 62.3 cm³/mol. The van der Waals surface area contributed by atoms with E-state index in [9.17, 15) is 0 Å². The Morgan fingerprint density at radius 1 is 1.47 bits per heavy atom. The quantitative estimate of drug-likeness (QED) is 0.765. The van der Waals surface area contributed by atoms with Gasteiger partial charge in [0.25, 0.3) is 0 Å². The molecule has 1 heterocycles. The lowest BCUT2D eigenvalue weighted by Crippen LogP contribution is -2.24. The van der Waals surface area contributed by atoms with Gasteiger partial charge in [-0.15, -0.1) is 0 Å². The van der Waals surface area contributed by atoms with Crippen molar-refractivity contribution >= 4 is 0 Å². The molecule has 0 aliphatic carbocycles. The van der Waals surface area contributed by atoms with Crippen molar-refractivity contribution in [2.24, 2.45) is 5.73 Å². The van der Waals surface area contributed by atoms with Gasteiger partial charge in [0.2, 0.25) is 0 Å². The van der Waals surface area contributed by atoms with E-state index in [4.69, 9.17) is 10.5 Å². The van der Waals surface area contributed by atoms with Crippen LogP contribution in [-0.2, 0) is 0 Å². The Labute approximate surface area is 91.4 Å². The normalized spacial score (nSPS) is 22.5. The maximum atomic E-state index is 6.05. The number of aryl methyl sites for hydroxylation is 1. The van der Waals surface area contributed by atoms with Crippen LogP contribution in [-0.4, -0.2) is 12.6 Å². The molecular weight excluding hydrogens is 186 g/mol. The summed E-state index contributed by atoms with van der Waals surface area (Å²) in [6, 6.07) is 6.55. The third-order valence-corrected chi connectivity index (χ3v) is 3.18. The topological polar surface area (TPSA) is 35.2 Å². The molecule has 2 rings (SSSR count). The summed E-state index contributed by atoms with van der Waals surface area (Å²) in [5.74, 6) is 1.51. The summed E-state index contributed by atoms with van der Waals surface area (Å²) < 4.78 is 5.80. The second-order valence-electron chi connectivity index (χ2n) is 4.45. The smallest absolute Gasteiger partial charge is 0.125 e. The summed E-state index contributed by atoms with van der Waals surface area (Å²) in [6.45, 7) is 5.01. The second-order valence-corrected chi connectivity index (χ2v) is 4.45. The van der Waals surface area contributed by atoms with Crippen molar-refractivity contribution in [3.8, 4) is 5.75 Å². The molecule has 0 spiro atoms. The number of fused-ring (bicyclic) bond motifs is 1. The lowest BCUT2D eigenvalue weighted by Gasteiger charge is -2.21. The predicted octanol–water partition coefficient (Wildman–Crippen LogP) is 2.60. The van der Waals surface area contributed by atoms with Gasteiger partial charge in [-0.05, 0) is 37.8 Å². The zero-order chi connectivity index (χ0) is 10.8. The Bertz CT molecular complexity index is 346. The molecule has 1 aliphatic heterocycles. The van der Waals surface area contributed by atoms with Crippen LogP contribution in [0.5, 0.6) is 5.75 Å². The Morgan fingerprint density at radius 3 is 3.00 bits per heavy atom. The minimum Gasteiger partial charge on any atom is -0.493 e. The summed E-state index contributed by atoms with van der Waals surface area (Å²) in [5.41, 5.74) is 8.56. The van der Waals surface area contributed by atoms with Crippen molar-refractivity contribution < 1.29 is 4.74 Å². The van der Waals surface area contributed by atoms with E-state index in [2.05, 4.69) is 32.0 Å². The van der Waals surface area contributed by atoms with Crippen molar-refractivity contribution in [1.29, 1.82) is 0 Å². The number of ether oxygens (including phenoxy) is 1. The van der Waals surface area contributed by atoms with Gasteiger partial charge in [0.05, 0.1) is 6.61 Å². The minimum atomic E-state index is 0.201.